The maximum atomic E-state index is 12.6. The Morgan fingerprint density at radius 1 is 1.04 bits per heavy atom. The quantitative estimate of drug-likeness (QED) is 0.694. The molecule has 0 radical (unpaired) electrons. The molecule has 0 aromatic heterocycles. The number of rotatable bonds is 8. The number of carbonyl (C=O) groups is 1. The first-order valence-electron chi connectivity index (χ1n) is 7.96. The van der Waals surface area contributed by atoms with Crippen LogP contribution in [0.4, 0.5) is 4.79 Å². The molecule has 1 aromatic rings. The summed E-state index contributed by atoms with van der Waals surface area (Å²) < 4.78 is 5.69. The fourth-order valence-electron chi connectivity index (χ4n) is 2.11. The highest BCUT2D eigenvalue weighted by Gasteiger charge is 2.20. The van der Waals surface area contributed by atoms with Crippen LogP contribution in [0.3, 0.4) is 0 Å². The second kappa shape index (κ2) is 9.97. The number of likely N-dealkylation sites (N-methyl/N-ethyl adjacent to an activating group) is 2. The van der Waals surface area contributed by atoms with Gasteiger partial charge in [-0.2, -0.15) is 0 Å². The molecule has 0 aliphatic rings. The van der Waals surface area contributed by atoms with Crippen molar-refractivity contribution in [3.8, 4) is 5.75 Å². The van der Waals surface area contributed by atoms with E-state index >= 15 is 0 Å². The third-order valence-electron chi connectivity index (χ3n) is 3.52. The first kappa shape index (κ1) is 20.9. The summed E-state index contributed by atoms with van der Waals surface area (Å²) in [5.74, 6) is 0.601. The Morgan fingerprint density at radius 3 is 2.12 bits per heavy atom. The van der Waals surface area contributed by atoms with E-state index in [1.165, 1.54) is 0 Å². The van der Waals surface area contributed by atoms with Crippen molar-refractivity contribution in [1.82, 2.24) is 14.7 Å². The van der Waals surface area contributed by atoms with Gasteiger partial charge in [-0.1, -0.05) is 23.2 Å². The first-order chi connectivity index (χ1) is 11.2. The summed E-state index contributed by atoms with van der Waals surface area (Å²) in [7, 11) is 5.80. The summed E-state index contributed by atoms with van der Waals surface area (Å²) in [4.78, 5) is 18.2. The lowest BCUT2D eigenvalue weighted by atomic mass is 10.3. The highest BCUT2D eigenvalue weighted by atomic mass is 35.5. The molecule has 7 heteroatoms. The number of hydrogen-bond donors (Lipinski definition) is 0. The van der Waals surface area contributed by atoms with Gasteiger partial charge in [-0.15, -0.1) is 0 Å². The summed E-state index contributed by atoms with van der Waals surface area (Å²) in [5, 5.41) is 1.05. The topological polar surface area (TPSA) is 36.0 Å². The van der Waals surface area contributed by atoms with E-state index in [-0.39, 0.29) is 12.1 Å². The number of ether oxygens (including phenoxy) is 1. The molecule has 0 aliphatic carbocycles. The maximum absolute atomic E-state index is 12.6. The van der Waals surface area contributed by atoms with Crippen molar-refractivity contribution in [2.45, 2.75) is 19.9 Å². The molecule has 0 bridgehead atoms. The Balaban J connectivity index is 2.57. The summed E-state index contributed by atoms with van der Waals surface area (Å²) in [6.45, 7) is 6.36. The molecule has 0 aliphatic heterocycles. The Hall–Kier alpha value is -1.17. The SMILES string of the molecule is CC(C)N(CCOc1cc(Cl)cc(Cl)c1)C(=O)N(C)CCN(C)C. The Morgan fingerprint density at radius 2 is 1.62 bits per heavy atom. The van der Waals surface area contributed by atoms with Crippen LogP contribution in [-0.4, -0.2) is 74.2 Å². The van der Waals surface area contributed by atoms with Crippen LogP contribution in [-0.2, 0) is 0 Å². The molecule has 0 heterocycles. The van der Waals surface area contributed by atoms with Crippen LogP contribution in [0.1, 0.15) is 13.8 Å². The molecule has 0 atom stereocenters. The number of benzene rings is 1. The number of amides is 2. The minimum atomic E-state index is -0.000392. The molecule has 5 nitrogen and oxygen atoms in total. The molecule has 0 saturated heterocycles. The van der Waals surface area contributed by atoms with Gasteiger partial charge in [0.15, 0.2) is 0 Å². The fourth-order valence-corrected chi connectivity index (χ4v) is 2.62. The monoisotopic (exact) mass is 375 g/mol. The van der Waals surface area contributed by atoms with Crippen LogP contribution in [0.5, 0.6) is 5.75 Å². The molecule has 0 saturated carbocycles. The van der Waals surface area contributed by atoms with E-state index in [0.717, 1.165) is 6.54 Å². The standard InChI is InChI=1S/C17H27Cl2N3O2/c1-13(2)22(17(23)21(5)7-6-20(3)4)8-9-24-16-11-14(18)10-15(19)12-16/h10-13H,6-9H2,1-5H3. The summed E-state index contributed by atoms with van der Waals surface area (Å²) in [6.07, 6.45) is 0. The minimum absolute atomic E-state index is 0.000392. The zero-order valence-corrected chi connectivity index (χ0v) is 16.6. The Kier molecular flexibility index (Phi) is 8.67. The molecule has 1 aromatic carbocycles. The van der Waals surface area contributed by atoms with Crippen molar-refractivity contribution >= 4 is 29.2 Å². The zero-order chi connectivity index (χ0) is 18.3. The fraction of sp³-hybridized carbons (Fsp3) is 0.588. The van der Waals surface area contributed by atoms with Gasteiger partial charge in [0.2, 0.25) is 0 Å². The van der Waals surface area contributed by atoms with E-state index in [9.17, 15) is 4.79 Å². The van der Waals surface area contributed by atoms with Gasteiger partial charge in [-0.3, -0.25) is 0 Å². The van der Waals surface area contributed by atoms with Crippen molar-refractivity contribution in [3.05, 3.63) is 28.2 Å². The Labute approximate surface area is 155 Å². The second-order valence-corrected chi connectivity index (χ2v) is 7.12. The van der Waals surface area contributed by atoms with E-state index in [1.54, 1.807) is 28.0 Å². The number of halogens is 2. The lowest BCUT2D eigenvalue weighted by Crippen LogP contribution is -2.48. The van der Waals surface area contributed by atoms with Gasteiger partial charge < -0.3 is 19.4 Å². The third-order valence-corrected chi connectivity index (χ3v) is 3.95. The van der Waals surface area contributed by atoms with E-state index in [0.29, 0.717) is 35.5 Å². The molecule has 0 N–H and O–H groups in total. The van der Waals surface area contributed by atoms with E-state index in [1.807, 2.05) is 35.0 Å². The second-order valence-electron chi connectivity index (χ2n) is 6.25. The zero-order valence-electron chi connectivity index (χ0n) is 15.1. The van der Waals surface area contributed by atoms with Crippen molar-refractivity contribution < 1.29 is 9.53 Å². The van der Waals surface area contributed by atoms with Gasteiger partial charge in [0.05, 0.1) is 6.54 Å². The van der Waals surface area contributed by atoms with Crippen LogP contribution < -0.4 is 4.74 Å². The lowest BCUT2D eigenvalue weighted by Gasteiger charge is -2.31. The largest absolute Gasteiger partial charge is 0.492 e. The Bertz CT molecular complexity index is 518. The van der Waals surface area contributed by atoms with Crippen molar-refractivity contribution in [3.63, 3.8) is 0 Å². The van der Waals surface area contributed by atoms with Crippen LogP contribution in [0.2, 0.25) is 10.0 Å². The lowest BCUT2D eigenvalue weighted by molar-refractivity contribution is 0.134. The summed E-state index contributed by atoms with van der Waals surface area (Å²) in [6, 6.07) is 5.15. The van der Waals surface area contributed by atoms with E-state index in [2.05, 4.69) is 4.90 Å². The molecule has 0 fully saturated rings. The highest BCUT2D eigenvalue weighted by molar-refractivity contribution is 6.34. The number of hydrogen-bond acceptors (Lipinski definition) is 3. The molecule has 1 rings (SSSR count). The van der Waals surface area contributed by atoms with Gasteiger partial charge in [-0.25, -0.2) is 4.79 Å². The van der Waals surface area contributed by atoms with Crippen LogP contribution in [0, 0.1) is 0 Å². The van der Waals surface area contributed by atoms with Crippen molar-refractivity contribution in [2.24, 2.45) is 0 Å². The van der Waals surface area contributed by atoms with Gasteiger partial charge in [0.1, 0.15) is 12.4 Å². The van der Waals surface area contributed by atoms with Crippen LogP contribution >= 0.6 is 23.2 Å². The smallest absolute Gasteiger partial charge is 0.320 e. The maximum Gasteiger partial charge on any atom is 0.320 e. The van der Waals surface area contributed by atoms with Crippen molar-refractivity contribution in [1.29, 1.82) is 0 Å². The average molecular weight is 376 g/mol. The number of nitrogens with zero attached hydrogens (tertiary/aromatic N) is 3. The molecule has 24 heavy (non-hydrogen) atoms. The molecule has 0 unspecified atom stereocenters. The van der Waals surface area contributed by atoms with Gasteiger partial charge >= 0.3 is 6.03 Å². The average Bonchev–Trinajstić information content (AvgIpc) is 2.47. The first-order valence-corrected chi connectivity index (χ1v) is 8.71. The predicted octanol–water partition coefficient (Wildman–Crippen LogP) is 3.70. The molecule has 136 valence electrons. The van der Waals surface area contributed by atoms with Crippen LogP contribution in [0.15, 0.2) is 18.2 Å². The summed E-state index contributed by atoms with van der Waals surface area (Å²) >= 11 is 11.9. The van der Waals surface area contributed by atoms with Crippen LogP contribution in [0.25, 0.3) is 0 Å². The minimum Gasteiger partial charge on any atom is -0.492 e. The summed E-state index contributed by atoms with van der Waals surface area (Å²) in [5.41, 5.74) is 0. The van der Waals surface area contributed by atoms with E-state index < -0.39 is 0 Å². The molecule has 0 spiro atoms. The highest BCUT2D eigenvalue weighted by Crippen LogP contribution is 2.24. The van der Waals surface area contributed by atoms with Gasteiger partial charge in [-0.05, 0) is 46.1 Å². The third kappa shape index (κ3) is 7.16. The van der Waals surface area contributed by atoms with Gasteiger partial charge in [0, 0.05) is 36.2 Å². The van der Waals surface area contributed by atoms with E-state index in [4.69, 9.17) is 27.9 Å². The molecular formula is C17H27Cl2N3O2. The normalized spacial score (nSPS) is 11.0. The predicted molar refractivity (Wildman–Crippen MR) is 100 cm³/mol. The molecular weight excluding hydrogens is 349 g/mol. The van der Waals surface area contributed by atoms with Gasteiger partial charge in [0.25, 0.3) is 0 Å². The number of urea groups is 1. The molecule has 2 amide bonds. The number of carbonyl (C=O) groups excluding carboxylic acids is 1. The van der Waals surface area contributed by atoms with Crippen molar-refractivity contribution in [2.75, 3.05) is 47.4 Å².